The predicted octanol–water partition coefficient (Wildman–Crippen LogP) is 4.63. The number of carbonyl (C=O) groups excluding carboxylic acids is 3. The van der Waals surface area contributed by atoms with E-state index in [2.05, 4.69) is 20.8 Å². The van der Waals surface area contributed by atoms with Crippen molar-refractivity contribution < 1.29 is 24.3 Å². The molecule has 5 nitrogen and oxygen atoms in total. The number of hydrogen-bond acceptors (Lipinski definition) is 4. The lowest BCUT2D eigenvalue weighted by molar-refractivity contribution is -0.215. The topological polar surface area (TPSA) is 88.5 Å². The number of rotatable bonds is 3. The van der Waals surface area contributed by atoms with Gasteiger partial charge in [-0.2, -0.15) is 0 Å². The van der Waals surface area contributed by atoms with E-state index in [0.29, 0.717) is 18.4 Å². The van der Waals surface area contributed by atoms with Gasteiger partial charge in [-0.3, -0.25) is 14.4 Å². The van der Waals surface area contributed by atoms with Gasteiger partial charge in [-0.25, -0.2) is 0 Å². The molecule has 0 aromatic rings. The lowest BCUT2D eigenvalue weighted by atomic mass is 9.34. The molecule has 5 heteroatoms. The highest BCUT2D eigenvalue weighted by atomic mass is 16.4. The van der Waals surface area contributed by atoms with Crippen LogP contribution in [0.15, 0.2) is 11.6 Å². The van der Waals surface area contributed by atoms with Gasteiger partial charge in [0, 0.05) is 17.4 Å². The molecule has 7 unspecified atom stereocenters. The Hall–Kier alpha value is -1.78. The van der Waals surface area contributed by atoms with Gasteiger partial charge in [0.2, 0.25) is 0 Å². The first-order valence-electron chi connectivity index (χ1n) is 11.8. The highest BCUT2D eigenvalue weighted by Crippen LogP contribution is 2.72. The molecule has 31 heavy (non-hydrogen) atoms. The average Bonchev–Trinajstić information content (AvgIpc) is 2.68. The molecule has 0 bridgehead atoms. The van der Waals surface area contributed by atoms with E-state index in [9.17, 15) is 24.3 Å². The summed E-state index contributed by atoms with van der Waals surface area (Å²) >= 11 is 0. The lowest BCUT2D eigenvalue weighted by Crippen LogP contribution is -2.67. The third-order valence-corrected chi connectivity index (χ3v) is 10.4. The molecule has 0 saturated heterocycles. The van der Waals surface area contributed by atoms with Gasteiger partial charge in [-0.1, -0.05) is 40.2 Å². The number of fused-ring (bicyclic) bond motifs is 5. The summed E-state index contributed by atoms with van der Waals surface area (Å²) in [6.07, 6.45) is 7.59. The van der Waals surface area contributed by atoms with Gasteiger partial charge in [0.05, 0.1) is 11.3 Å². The number of allylic oxidation sites excluding steroid dienone is 2. The van der Waals surface area contributed by atoms with Crippen molar-refractivity contribution in [3.63, 3.8) is 0 Å². The standard InChI is InChI=1S/C26H36O5/c1-15(28)16-7-8-19-24(4)12-9-18-23(2,3)10-6-11-26(18,22(30)31)20(24)13-21(29)25(19,5)17(16)14-27/h7,14,17-20H,6,8-13H2,1-5H3,(H,30,31). The van der Waals surface area contributed by atoms with Crippen LogP contribution in [-0.2, 0) is 19.2 Å². The zero-order valence-corrected chi connectivity index (χ0v) is 19.5. The molecule has 7 atom stereocenters. The third kappa shape index (κ3) is 2.67. The second kappa shape index (κ2) is 6.86. The minimum atomic E-state index is -0.945. The van der Waals surface area contributed by atoms with E-state index < -0.39 is 22.7 Å². The van der Waals surface area contributed by atoms with Crippen LogP contribution in [0, 0.1) is 45.3 Å². The fraction of sp³-hybridized carbons (Fsp3) is 0.769. The van der Waals surface area contributed by atoms with Gasteiger partial charge in [-0.15, -0.1) is 0 Å². The van der Waals surface area contributed by atoms with Gasteiger partial charge in [-0.05, 0) is 67.6 Å². The van der Waals surface area contributed by atoms with Gasteiger partial charge >= 0.3 is 5.97 Å². The number of carbonyl (C=O) groups is 4. The van der Waals surface area contributed by atoms with E-state index in [-0.39, 0.29) is 46.6 Å². The Morgan fingerprint density at radius 2 is 1.74 bits per heavy atom. The third-order valence-electron chi connectivity index (χ3n) is 10.4. The monoisotopic (exact) mass is 428 g/mol. The first-order valence-corrected chi connectivity index (χ1v) is 11.8. The minimum Gasteiger partial charge on any atom is -0.481 e. The zero-order valence-electron chi connectivity index (χ0n) is 19.5. The molecule has 4 rings (SSSR count). The van der Waals surface area contributed by atoms with E-state index in [1.807, 2.05) is 13.0 Å². The molecule has 0 aliphatic heterocycles. The summed E-state index contributed by atoms with van der Waals surface area (Å²) in [6.45, 7) is 9.87. The highest BCUT2D eigenvalue weighted by Gasteiger charge is 2.71. The van der Waals surface area contributed by atoms with Crippen LogP contribution < -0.4 is 0 Å². The van der Waals surface area contributed by atoms with Crippen molar-refractivity contribution >= 4 is 23.8 Å². The second-order valence-electron chi connectivity index (χ2n) is 11.9. The number of Topliss-reactive ketones (excluding diaryl/α,β-unsaturated/α-hetero) is 2. The Balaban J connectivity index is 1.88. The van der Waals surface area contributed by atoms with Crippen LogP contribution in [0.25, 0.3) is 0 Å². The maximum atomic E-state index is 13.8. The first-order chi connectivity index (χ1) is 14.4. The zero-order chi connectivity index (χ0) is 23.0. The van der Waals surface area contributed by atoms with Crippen molar-refractivity contribution in [3.8, 4) is 0 Å². The quantitative estimate of drug-likeness (QED) is 0.662. The van der Waals surface area contributed by atoms with Gasteiger partial charge in [0.1, 0.15) is 12.1 Å². The Morgan fingerprint density at radius 1 is 1.06 bits per heavy atom. The Labute approximate surface area is 185 Å². The average molecular weight is 429 g/mol. The number of carboxylic acid groups (broad SMARTS) is 1. The van der Waals surface area contributed by atoms with E-state index in [4.69, 9.17) is 0 Å². The Morgan fingerprint density at radius 3 is 2.32 bits per heavy atom. The summed E-state index contributed by atoms with van der Waals surface area (Å²) < 4.78 is 0. The van der Waals surface area contributed by atoms with Crippen molar-refractivity contribution in [2.45, 2.75) is 79.6 Å². The van der Waals surface area contributed by atoms with E-state index in [1.165, 1.54) is 6.92 Å². The molecule has 170 valence electrons. The van der Waals surface area contributed by atoms with Crippen LogP contribution in [0.3, 0.4) is 0 Å². The largest absolute Gasteiger partial charge is 0.481 e. The molecule has 3 saturated carbocycles. The number of ketones is 2. The molecule has 4 aliphatic rings. The van der Waals surface area contributed by atoms with Crippen molar-refractivity contribution in [3.05, 3.63) is 11.6 Å². The molecule has 0 spiro atoms. The minimum absolute atomic E-state index is 0.0337. The van der Waals surface area contributed by atoms with Crippen molar-refractivity contribution in [2.75, 3.05) is 0 Å². The summed E-state index contributed by atoms with van der Waals surface area (Å²) in [4.78, 5) is 51.2. The fourth-order valence-corrected chi connectivity index (χ4v) is 8.86. The van der Waals surface area contributed by atoms with E-state index in [1.54, 1.807) is 0 Å². The molecule has 0 amide bonds. The van der Waals surface area contributed by atoms with Crippen molar-refractivity contribution in [1.82, 2.24) is 0 Å². The van der Waals surface area contributed by atoms with E-state index in [0.717, 1.165) is 32.0 Å². The normalized spacial score (nSPS) is 46.1. The maximum absolute atomic E-state index is 13.8. The summed E-state index contributed by atoms with van der Waals surface area (Å²) in [5.74, 6) is -2.00. The summed E-state index contributed by atoms with van der Waals surface area (Å²) in [5.41, 5.74) is -1.82. The molecule has 0 radical (unpaired) electrons. The summed E-state index contributed by atoms with van der Waals surface area (Å²) in [5, 5.41) is 10.6. The lowest BCUT2D eigenvalue weighted by Gasteiger charge is -2.68. The number of carboxylic acids is 1. The number of aldehydes is 1. The summed E-state index contributed by atoms with van der Waals surface area (Å²) in [6, 6.07) is 0. The van der Waals surface area contributed by atoms with Crippen LogP contribution in [0.4, 0.5) is 0 Å². The van der Waals surface area contributed by atoms with E-state index >= 15 is 0 Å². The van der Waals surface area contributed by atoms with Crippen molar-refractivity contribution in [2.24, 2.45) is 45.3 Å². The smallest absolute Gasteiger partial charge is 0.310 e. The molecular weight excluding hydrogens is 392 g/mol. The first kappa shape index (κ1) is 22.4. The SMILES string of the molecule is CC(=O)C1=CCC2C3(C)CCC4C(C)(C)CCCC4(C(=O)O)C3CC(=O)C2(C)C1C=O. The van der Waals surface area contributed by atoms with Crippen LogP contribution in [-0.4, -0.2) is 28.9 Å². The molecule has 0 aromatic heterocycles. The summed E-state index contributed by atoms with van der Waals surface area (Å²) in [7, 11) is 0. The molecule has 4 aliphatic carbocycles. The second-order valence-corrected chi connectivity index (χ2v) is 11.9. The van der Waals surface area contributed by atoms with Crippen molar-refractivity contribution in [1.29, 1.82) is 0 Å². The number of aliphatic carboxylic acids is 1. The maximum Gasteiger partial charge on any atom is 0.310 e. The number of hydrogen-bond donors (Lipinski definition) is 1. The molecule has 0 aromatic carbocycles. The highest BCUT2D eigenvalue weighted by molar-refractivity contribution is 6.01. The molecule has 0 heterocycles. The Bertz CT molecular complexity index is 884. The molecular formula is C26H36O5. The van der Waals surface area contributed by atoms with Gasteiger partial charge in [0.25, 0.3) is 0 Å². The van der Waals surface area contributed by atoms with Crippen LogP contribution in [0.1, 0.15) is 79.6 Å². The van der Waals surface area contributed by atoms with Gasteiger partial charge < -0.3 is 9.90 Å². The molecule has 1 N–H and O–H groups in total. The van der Waals surface area contributed by atoms with Crippen LogP contribution in [0.2, 0.25) is 0 Å². The molecule has 3 fully saturated rings. The van der Waals surface area contributed by atoms with Gasteiger partial charge in [0.15, 0.2) is 5.78 Å². The van der Waals surface area contributed by atoms with Crippen LogP contribution >= 0.6 is 0 Å². The fourth-order valence-electron chi connectivity index (χ4n) is 8.86. The van der Waals surface area contributed by atoms with Crippen LogP contribution in [0.5, 0.6) is 0 Å². The predicted molar refractivity (Wildman–Crippen MR) is 116 cm³/mol. The Kier molecular flexibility index (Phi) is 4.96.